The van der Waals surface area contributed by atoms with E-state index in [1.807, 2.05) is 38.1 Å². The highest BCUT2D eigenvalue weighted by Crippen LogP contribution is 2.21. The predicted molar refractivity (Wildman–Crippen MR) is 97.4 cm³/mol. The third kappa shape index (κ3) is 6.96. The van der Waals surface area contributed by atoms with E-state index in [1.165, 1.54) is 0 Å². The fourth-order valence-electron chi connectivity index (χ4n) is 2.12. The number of rotatable bonds is 9. The van der Waals surface area contributed by atoms with Crippen LogP contribution in [0.5, 0.6) is 5.75 Å². The van der Waals surface area contributed by atoms with E-state index in [-0.39, 0.29) is 12.1 Å². The zero-order chi connectivity index (χ0) is 16.4. The van der Waals surface area contributed by atoms with Crippen LogP contribution >= 0.6 is 22.6 Å². The SMILES string of the molecule is COCCCCCCN(C(=O)Oc1ccccc1I)C(C)C. The largest absolute Gasteiger partial charge is 0.415 e. The fraction of sp³-hybridized carbons (Fsp3) is 0.588. The summed E-state index contributed by atoms with van der Waals surface area (Å²) in [5, 5.41) is 0. The number of benzene rings is 1. The van der Waals surface area contributed by atoms with E-state index in [9.17, 15) is 4.79 Å². The van der Waals surface area contributed by atoms with Gasteiger partial charge < -0.3 is 14.4 Å². The number of carbonyl (C=O) groups excluding carboxylic acids is 1. The Kier molecular flexibility index (Phi) is 9.47. The monoisotopic (exact) mass is 419 g/mol. The fourth-order valence-corrected chi connectivity index (χ4v) is 2.62. The Morgan fingerprint density at radius 2 is 1.86 bits per heavy atom. The van der Waals surface area contributed by atoms with Crippen molar-refractivity contribution in [3.05, 3.63) is 27.8 Å². The molecule has 0 atom stereocenters. The summed E-state index contributed by atoms with van der Waals surface area (Å²) >= 11 is 2.17. The molecule has 1 amide bonds. The Balaban J connectivity index is 2.45. The van der Waals surface area contributed by atoms with E-state index in [0.29, 0.717) is 5.75 Å². The summed E-state index contributed by atoms with van der Waals surface area (Å²) in [6.45, 7) is 5.57. The van der Waals surface area contributed by atoms with Crippen LogP contribution in [0.3, 0.4) is 0 Å². The van der Waals surface area contributed by atoms with Gasteiger partial charge in [-0.25, -0.2) is 4.79 Å². The first-order valence-corrected chi connectivity index (χ1v) is 8.86. The normalized spacial score (nSPS) is 10.8. The number of nitrogens with zero attached hydrogens (tertiary/aromatic N) is 1. The van der Waals surface area contributed by atoms with Gasteiger partial charge in [-0.15, -0.1) is 0 Å². The second kappa shape index (κ2) is 10.8. The number of ether oxygens (including phenoxy) is 2. The third-order valence-electron chi connectivity index (χ3n) is 3.39. The first kappa shape index (κ1) is 19.2. The average molecular weight is 419 g/mol. The van der Waals surface area contributed by atoms with Crippen molar-refractivity contribution in [2.75, 3.05) is 20.3 Å². The van der Waals surface area contributed by atoms with E-state index < -0.39 is 0 Å². The molecule has 0 heterocycles. The number of halogens is 1. The standard InChI is InChI=1S/C17H26INO3/c1-14(2)19(12-8-4-5-9-13-21-3)17(20)22-16-11-7-6-10-15(16)18/h6-7,10-11,14H,4-5,8-9,12-13H2,1-3H3. The van der Waals surface area contributed by atoms with Crippen molar-refractivity contribution in [2.45, 2.75) is 45.6 Å². The highest BCUT2D eigenvalue weighted by molar-refractivity contribution is 14.1. The van der Waals surface area contributed by atoms with Gasteiger partial charge in [-0.1, -0.05) is 25.0 Å². The minimum absolute atomic E-state index is 0.132. The molecule has 0 fully saturated rings. The first-order chi connectivity index (χ1) is 10.6. The molecular formula is C17H26INO3. The van der Waals surface area contributed by atoms with Crippen LogP contribution in [0.4, 0.5) is 4.79 Å². The molecule has 0 unspecified atom stereocenters. The molecule has 124 valence electrons. The molecule has 0 saturated heterocycles. The third-order valence-corrected chi connectivity index (χ3v) is 4.28. The summed E-state index contributed by atoms with van der Waals surface area (Å²) in [7, 11) is 1.72. The van der Waals surface area contributed by atoms with Gasteiger partial charge >= 0.3 is 6.09 Å². The number of methoxy groups -OCH3 is 1. The number of hydrogen-bond donors (Lipinski definition) is 0. The maximum Gasteiger partial charge on any atom is 0.415 e. The van der Waals surface area contributed by atoms with Crippen molar-refractivity contribution in [3.63, 3.8) is 0 Å². The van der Waals surface area contributed by atoms with Gasteiger partial charge in [-0.05, 0) is 61.4 Å². The van der Waals surface area contributed by atoms with Crippen LogP contribution in [0.15, 0.2) is 24.3 Å². The lowest BCUT2D eigenvalue weighted by atomic mass is 10.2. The highest BCUT2D eigenvalue weighted by atomic mass is 127. The molecule has 0 N–H and O–H groups in total. The Bertz CT molecular complexity index is 451. The second-order valence-corrected chi connectivity index (χ2v) is 6.65. The smallest absolute Gasteiger partial charge is 0.409 e. The van der Waals surface area contributed by atoms with Gasteiger partial charge in [0.25, 0.3) is 0 Å². The Morgan fingerprint density at radius 3 is 2.50 bits per heavy atom. The van der Waals surface area contributed by atoms with Gasteiger partial charge in [0.1, 0.15) is 5.75 Å². The van der Waals surface area contributed by atoms with E-state index in [0.717, 1.165) is 42.4 Å². The van der Waals surface area contributed by atoms with Crippen molar-refractivity contribution >= 4 is 28.7 Å². The molecule has 0 aliphatic rings. The van der Waals surface area contributed by atoms with Crippen molar-refractivity contribution in [1.82, 2.24) is 4.90 Å². The molecule has 4 nitrogen and oxygen atoms in total. The van der Waals surface area contributed by atoms with Crippen LogP contribution in [0, 0.1) is 3.57 Å². The van der Waals surface area contributed by atoms with Gasteiger partial charge in [0, 0.05) is 26.3 Å². The van der Waals surface area contributed by atoms with E-state index in [4.69, 9.17) is 9.47 Å². The van der Waals surface area contributed by atoms with Gasteiger partial charge in [-0.3, -0.25) is 0 Å². The molecule has 0 aromatic heterocycles. The Morgan fingerprint density at radius 1 is 1.18 bits per heavy atom. The minimum atomic E-state index is -0.268. The number of carbonyl (C=O) groups is 1. The lowest BCUT2D eigenvalue weighted by molar-refractivity contribution is 0.137. The molecule has 0 radical (unpaired) electrons. The maximum absolute atomic E-state index is 12.4. The number of para-hydroxylation sites is 1. The van der Waals surface area contributed by atoms with E-state index >= 15 is 0 Å². The van der Waals surface area contributed by atoms with E-state index in [1.54, 1.807) is 12.0 Å². The Hall–Kier alpha value is -0.820. The molecule has 0 bridgehead atoms. The molecule has 5 heteroatoms. The molecule has 1 aromatic carbocycles. The molecule has 1 aromatic rings. The molecular weight excluding hydrogens is 393 g/mol. The predicted octanol–water partition coefficient (Wildman–Crippen LogP) is 4.71. The van der Waals surface area contributed by atoms with Crippen LogP contribution in [0.25, 0.3) is 0 Å². The lowest BCUT2D eigenvalue weighted by Crippen LogP contribution is -2.39. The molecule has 22 heavy (non-hydrogen) atoms. The summed E-state index contributed by atoms with van der Waals surface area (Å²) in [4.78, 5) is 14.1. The molecule has 1 rings (SSSR count). The van der Waals surface area contributed by atoms with Crippen LogP contribution < -0.4 is 4.74 Å². The topological polar surface area (TPSA) is 38.8 Å². The number of hydrogen-bond acceptors (Lipinski definition) is 3. The van der Waals surface area contributed by atoms with Crippen LogP contribution in [-0.2, 0) is 4.74 Å². The summed E-state index contributed by atoms with van der Waals surface area (Å²) in [6.07, 6.45) is 4.03. The molecule has 0 aliphatic heterocycles. The Labute approximate surface area is 147 Å². The zero-order valence-corrected chi connectivity index (χ0v) is 15.8. The first-order valence-electron chi connectivity index (χ1n) is 7.78. The zero-order valence-electron chi connectivity index (χ0n) is 13.7. The molecule has 0 aliphatic carbocycles. The average Bonchev–Trinajstić information content (AvgIpc) is 2.48. The van der Waals surface area contributed by atoms with Crippen LogP contribution in [0.1, 0.15) is 39.5 Å². The van der Waals surface area contributed by atoms with Crippen LogP contribution in [-0.4, -0.2) is 37.3 Å². The lowest BCUT2D eigenvalue weighted by Gasteiger charge is -2.26. The summed E-state index contributed by atoms with van der Waals surface area (Å²) in [5.41, 5.74) is 0. The van der Waals surface area contributed by atoms with Crippen molar-refractivity contribution in [3.8, 4) is 5.75 Å². The van der Waals surface area contributed by atoms with Crippen molar-refractivity contribution in [2.24, 2.45) is 0 Å². The summed E-state index contributed by atoms with van der Waals surface area (Å²) in [5.74, 6) is 0.624. The number of unbranched alkanes of at least 4 members (excludes halogenated alkanes) is 3. The van der Waals surface area contributed by atoms with Gasteiger partial charge in [0.2, 0.25) is 0 Å². The van der Waals surface area contributed by atoms with Gasteiger partial charge in [0.05, 0.1) is 3.57 Å². The minimum Gasteiger partial charge on any atom is -0.409 e. The molecule has 0 saturated carbocycles. The van der Waals surface area contributed by atoms with Crippen molar-refractivity contribution in [1.29, 1.82) is 0 Å². The maximum atomic E-state index is 12.4. The van der Waals surface area contributed by atoms with Gasteiger partial charge in [0.15, 0.2) is 0 Å². The summed E-state index contributed by atoms with van der Waals surface area (Å²) in [6, 6.07) is 7.69. The quantitative estimate of drug-likeness (QED) is 0.430. The second-order valence-electron chi connectivity index (χ2n) is 5.49. The van der Waals surface area contributed by atoms with Gasteiger partial charge in [-0.2, -0.15) is 0 Å². The van der Waals surface area contributed by atoms with E-state index in [2.05, 4.69) is 22.6 Å². The highest BCUT2D eigenvalue weighted by Gasteiger charge is 2.19. The number of amides is 1. The van der Waals surface area contributed by atoms with Crippen molar-refractivity contribution < 1.29 is 14.3 Å². The summed E-state index contributed by atoms with van der Waals surface area (Å²) < 4.78 is 11.5. The molecule has 0 spiro atoms. The van der Waals surface area contributed by atoms with Crippen LogP contribution in [0.2, 0.25) is 0 Å².